The maximum Gasteiger partial charge on any atom is 0.330 e. The van der Waals surface area contributed by atoms with E-state index in [0.717, 1.165) is 42.3 Å². The van der Waals surface area contributed by atoms with Gasteiger partial charge in [0.05, 0.1) is 10.6 Å². The predicted octanol–water partition coefficient (Wildman–Crippen LogP) is 2.80. The quantitative estimate of drug-likeness (QED) is 0.388. The van der Waals surface area contributed by atoms with Crippen molar-refractivity contribution in [3.8, 4) is 10.7 Å². The number of thiophene rings is 1. The molecule has 0 spiro atoms. The number of aromatic nitrogens is 5. The van der Waals surface area contributed by atoms with E-state index in [9.17, 15) is 14.4 Å². The summed E-state index contributed by atoms with van der Waals surface area (Å²) in [7, 11) is 1.88. The first-order chi connectivity index (χ1) is 15.9. The van der Waals surface area contributed by atoms with Crippen molar-refractivity contribution in [1.82, 2.24) is 24.3 Å². The number of nitrogens with two attached hydrogens (primary N) is 1. The van der Waals surface area contributed by atoms with Gasteiger partial charge in [0.1, 0.15) is 11.4 Å². The maximum absolute atomic E-state index is 12.9. The molecule has 1 fully saturated rings. The van der Waals surface area contributed by atoms with E-state index in [1.165, 1.54) is 39.6 Å². The average molecular weight is 487 g/mol. The van der Waals surface area contributed by atoms with E-state index in [2.05, 4.69) is 28.2 Å². The third-order valence-electron chi connectivity index (χ3n) is 6.52. The number of thioether (sulfide) groups is 1. The lowest BCUT2D eigenvalue weighted by molar-refractivity contribution is 0.102. The number of ketones is 1. The zero-order chi connectivity index (χ0) is 23.3. The Labute approximate surface area is 198 Å². The van der Waals surface area contributed by atoms with Crippen molar-refractivity contribution in [3.05, 3.63) is 42.9 Å². The monoisotopic (exact) mass is 486 g/mol. The molecule has 0 aromatic carbocycles. The number of aryl methyl sites for hydroxylation is 1. The van der Waals surface area contributed by atoms with Gasteiger partial charge < -0.3 is 10.3 Å². The number of aromatic amines is 1. The highest BCUT2D eigenvalue weighted by Crippen LogP contribution is 2.38. The number of H-pyrrole nitrogens is 1. The molecule has 2 aliphatic carbocycles. The van der Waals surface area contributed by atoms with Crippen molar-refractivity contribution < 1.29 is 4.79 Å². The summed E-state index contributed by atoms with van der Waals surface area (Å²) in [6.07, 6.45) is 6.30. The summed E-state index contributed by atoms with van der Waals surface area (Å²) in [5, 5.41) is 9.22. The van der Waals surface area contributed by atoms with E-state index in [1.807, 2.05) is 11.6 Å². The smallest absolute Gasteiger partial charge is 0.330 e. The van der Waals surface area contributed by atoms with Gasteiger partial charge in [-0.15, -0.1) is 21.5 Å². The number of carbonyl (C=O) groups excluding carboxylic acids is 1. The molecule has 2 aliphatic rings. The van der Waals surface area contributed by atoms with E-state index in [4.69, 9.17) is 5.73 Å². The molecule has 5 rings (SSSR count). The van der Waals surface area contributed by atoms with Crippen LogP contribution in [0, 0.1) is 5.92 Å². The van der Waals surface area contributed by atoms with Crippen LogP contribution in [0.4, 0.5) is 5.82 Å². The van der Waals surface area contributed by atoms with E-state index < -0.39 is 17.0 Å². The molecule has 3 N–H and O–H groups in total. The first-order valence-corrected chi connectivity index (χ1v) is 13.0. The maximum atomic E-state index is 12.9. The molecule has 9 nitrogen and oxygen atoms in total. The minimum Gasteiger partial charge on any atom is -0.384 e. The molecule has 1 unspecified atom stereocenters. The highest BCUT2D eigenvalue weighted by molar-refractivity contribution is 7.99. The number of Topliss-reactive ketones (excluding diaryl/α,β-unsaturated/α-hetero) is 1. The fourth-order valence-electron chi connectivity index (χ4n) is 4.45. The highest BCUT2D eigenvalue weighted by Gasteiger charge is 2.30. The lowest BCUT2D eigenvalue weighted by Crippen LogP contribution is -2.36. The molecule has 0 bridgehead atoms. The van der Waals surface area contributed by atoms with Crippen LogP contribution in [-0.4, -0.2) is 35.9 Å². The lowest BCUT2D eigenvalue weighted by atomic mass is 9.87. The van der Waals surface area contributed by atoms with Crippen LogP contribution < -0.4 is 17.0 Å². The van der Waals surface area contributed by atoms with Crippen molar-refractivity contribution in [1.29, 1.82) is 0 Å². The second-order valence-corrected chi connectivity index (χ2v) is 10.9. The molecule has 33 heavy (non-hydrogen) atoms. The van der Waals surface area contributed by atoms with E-state index in [-0.39, 0.29) is 23.2 Å². The van der Waals surface area contributed by atoms with Crippen molar-refractivity contribution >= 4 is 34.7 Å². The van der Waals surface area contributed by atoms with Gasteiger partial charge in [0.15, 0.2) is 16.8 Å². The van der Waals surface area contributed by atoms with Gasteiger partial charge in [-0.3, -0.25) is 19.1 Å². The van der Waals surface area contributed by atoms with Crippen LogP contribution in [0.5, 0.6) is 0 Å². The summed E-state index contributed by atoms with van der Waals surface area (Å²) in [5.41, 5.74) is 6.01. The van der Waals surface area contributed by atoms with Gasteiger partial charge in [-0.2, -0.15) is 0 Å². The Balaban J connectivity index is 1.34. The van der Waals surface area contributed by atoms with E-state index >= 15 is 0 Å². The summed E-state index contributed by atoms with van der Waals surface area (Å²) in [5.74, 6) is 1.01. The second kappa shape index (κ2) is 8.60. The molecule has 0 aliphatic heterocycles. The van der Waals surface area contributed by atoms with Gasteiger partial charge in [0, 0.05) is 18.0 Å². The molecule has 3 heterocycles. The normalized spacial score (nSPS) is 17.8. The Morgan fingerprint density at radius 2 is 2.09 bits per heavy atom. The number of nitrogens with one attached hydrogen (secondary N) is 1. The Bertz CT molecular complexity index is 1350. The van der Waals surface area contributed by atoms with Gasteiger partial charge in [-0.1, -0.05) is 25.1 Å². The highest BCUT2D eigenvalue weighted by atomic mass is 32.2. The van der Waals surface area contributed by atoms with Crippen molar-refractivity contribution in [2.75, 3.05) is 11.5 Å². The molecular formula is C22H26N6O3S2. The number of nitrogen functional groups attached to an aromatic ring is 1. The molecule has 174 valence electrons. The Morgan fingerprint density at radius 3 is 2.82 bits per heavy atom. The molecule has 3 aromatic heterocycles. The number of carbonyl (C=O) groups is 1. The SMILES string of the molecule is CCC1CCc2sc(-c3nnc(SCC(=O)c4c(N)n(C5CC5)c(=O)[nH]c4=O)n3C)cc2C1. The van der Waals surface area contributed by atoms with Crippen LogP contribution in [0.1, 0.15) is 59.4 Å². The Morgan fingerprint density at radius 1 is 1.30 bits per heavy atom. The lowest BCUT2D eigenvalue weighted by Gasteiger charge is -2.19. The molecule has 11 heteroatoms. The summed E-state index contributed by atoms with van der Waals surface area (Å²) >= 11 is 2.98. The molecule has 0 saturated heterocycles. The molecule has 0 amide bonds. The minimum absolute atomic E-state index is 0.0265. The van der Waals surface area contributed by atoms with Crippen LogP contribution in [0.2, 0.25) is 0 Å². The van der Waals surface area contributed by atoms with Crippen LogP contribution in [0.3, 0.4) is 0 Å². The van der Waals surface area contributed by atoms with Crippen LogP contribution >= 0.6 is 23.1 Å². The molecule has 3 aromatic rings. The van der Waals surface area contributed by atoms with Gasteiger partial charge in [-0.25, -0.2) is 4.79 Å². The zero-order valence-electron chi connectivity index (χ0n) is 18.6. The second-order valence-electron chi connectivity index (χ2n) is 8.77. The minimum atomic E-state index is -0.742. The van der Waals surface area contributed by atoms with Crippen molar-refractivity contribution in [3.63, 3.8) is 0 Å². The Hall–Kier alpha value is -2.66. The molecule has 1 saturated carbocycles. The number of nitrogens with zero attached hydrogens (tertiary/aromatic N) is 4. The number of anilines is 1. The summed E-state index contributed by atoms with van der Waals surface area (Å²) in [4.78, 5) is 42.0. The van der Waals surface area contributed by atoms with Gasteiger partial charge in [0.2, 0.25) is 0 Å². The number of rotatable bonds is 7. The zero-order valence-corrected chi connectivity index (χ0v) is 20.2. The fourth-order valence-corrected chi connectivity index (χ4v) is 6.46. The first kappa shape index (κ1) is 22.1. The number of hydrogen-bond donors (Lipinski definition) is 2. The van der Waals surface area contributed by atoms with Crippen LogP contribution in [0.15, 0.2) is 20.8 Å². The van der Waals surface area contributed by atoms with Crippen LogP contribution in [-0.2, 0) is 19.9 Å². The van der Waals surface area contributed by atoms with Gasteiger partial charge >= 0.3 is 5.69 Å². The standard InChI is InChI=1S/C22H26N6O3S2/c1-3-11-4-7-15-12(8-11)9-16(33-15)19-25-26-22(27(19)2)32-10-14(29)17-18(23)28(13-5-6-13)21(31)24-20(17)30/h9,11,13H,3-8,10,23H2,1-2H3,(H,24,30,31). The summed E-state index contributed by atoms with van der Waals surface area (Å²) < 4.78 is 3.20. The van der Waals surface area contributed by atoms with Crippen molar-refractivity contribution in [2.45, 2.75) is 56.6 Å². The van der Waals surface area contributed by atoms with Gasteiger partial charge in [0.25, 0.3) is 5.56 Å². The first-order valence-electron chi connectivity index (χ1n) is 11.2. The number of fused-ring (bicyclic) bond motifs is 1. The Kier molecular flexibility index (Phi) is 5.77. The van der Waals surface area contributed by atoms with Crippen LogP contribution in [0.25, 0.3) is 10.7 Å². The van der Waals surface area contributed by atoms with E-state index in [0.29, 0.717) is 5.16 Å². The third-order valence-corrected chi connectivity index (χ3v) is 8.78. The molecule has 1 atom stereocenters. The topological polar surface area (TPSA) is 129 Å². The molecular weight excluding hydrogens is 460 g/mol. The van der Waals surface area contributed by atoms with Gasteiger partial charge in [-0.05, 0) is 49.7 Å². The average Bonchev–Trinajstić information content (AvgIpc) is 3.41. The van der Waals surface area contributed by atoms with Crippen molar-refractivity contribution in [2.24, 2.45) is 13.0 Å². The molecule has 0 radical (unpaired) electrons. The summed E-state index contributed by atoms with van der Waals surface area (Å²) in [6.45, 7) is 2.25. The largest absolute Gasteiger partial charge is 0.384 e. The van der Waals surface area contributed by atoms with E-state index in [1.54, 1.807) is 11.3 Å². The fraction of sp³-hybridized carbons (Fsp3) is 0.500. The third kappa shape index (κ3) is 4.08. The summed E-state index contributed by atoms with van der Waals surface area (Å²) in [6, 6.07) is 2.19. The predicted molar refractivity (Wildman–Crippen MR) is 129 cm³/mol. The number of hydrogen-bond acceptors (Lipinski definition) is 8.